The van der Waals surface area contributed by atoms with Crippen LogP contribution in [-0.4, -0.2) is 48.3 Å². The summed E-state index contributed by atoms with van der Waals surface area (Å²) in [6, 6.07) is 0. The van der Waals surface area contributed by atoms with Gasteiger partial charge in [-0.3, -0.25) is 4.90 Å². The van der Waals surface area contributed by atoms with Crippen molar-refractivity contribution >= 4 is 5.84 Å². The van der Waals surface area contributed by atoms with Gasteiger partial charge in [0.05, 0.1) is 6.61 Å². The molecule has 88 valence electrons. The lowest BCUT2D eigenvalue weighted by atomic mass is 10.2. The van der Waals surface area contributed by atoms with Gasteiger partial charge in [0.25, 0.3) is 0 Å². The van der Waals surface area contributed by atoms with Gasteiger partial charge in [-0.05, 0) is 13.0 Å². The van der Waals surface area contributed by atoms with Crippen LogP contribution < -0.4 is 5.73 Å². The molecular formula is C10H21N3O2. The third kappa shape index (κ3) is 4.05. The van der Waals surface area contributed by atoms with E-state index in [2.05, 4.69) is 17.0 Å². The summed E-state index contributed by atoms with van der Waals surface area (Å²) in [5, 5.41) is 11.5. The van der Waals surface area contributed by atoms with E-state index in [0.29, 0.717) is 6.61 Å². The number of nitrogens with two attached hydrogens (primary N) is 1. The first-order chi connectivity index (χ1) is 7.27. The molecule has 1 rings (SSSR count). The van der Waals surface area contributed by atoms with E-state index in [1.165, 1.54) is 19.3 Å². The predicted octanol–water partition coefficient (Wildman–Crippen LogP) is 0.624. The molecule has 0 amide bonds. The molecule has 1 saturated heterocycles. The van der Waals surface area contributed by atoms with Crippen molar-refractivity contribution in [3.63, 3.8) is 0 Å². The summed E-state index contributed by atoms with van der Waals surface area (Å²) >= 11 is 0. The molecule has 1 aliphatic heterocycles. The van der Waals surface area contributed by atoms with Gasteiger partial charge in [0.2, 0.25) is 0 Å². The van der Waals surface area contributed by atoms with E-state index in [4.69, 9.17) is 15.7 Å². The highest BCUT2D eigenvalue weighted by atomic mass is 16.5. The van der Waals surface area contributed by atoms with Gasteiger partial charge < -0.3 is 15.7 Å². The van der Waals surface area contributed by atoms with Gasteiger partial charge in [0, 0.05) is 13.1 Å². The van der Waals surface area contributed by atoms with Crippen LogP contribution in [0, 0.1) is 0 Å². The Bertz CT molecular complexity index is 209. The van der Waals surface area contributed by atoms with Crippen molar-refractivity contribution in [1.29, 1.82) is 0 Å². The Labute approximate surface area is 90.9 Å². The minimum atomic E-state index is -0.245. The van der Waals surface area contributed by atoms with Crippen molar-refractivity contribution in [1.82, 2.24) is 4.90 Å². The number of amidine groups is 1. The maximum Gasteiger partial charge on any atom is 0.169 e. The molecule has 1 heterocycles. The molecule has 1 fully saturated rings. The van der Waals surface area contributed by atoms with Crippen molar-refractivity contribution in [3.8, 4) is 0 Å². The second-order valence-electron chi connectivity index (χ2n) is 3.89. The highest BCUT2D eigenvalue weighted by Gasteiger charge is 2.23. The van der Waals surface area contributed by atoms with Crippen LogP contribution in [0.15, 0.2) is 5.16 Å². The van der Waals surface area contributed by atoms with E-state index in [1.54, 1.807) is 0 Å². The summed E-state index contributed by atoms with van der Waals surface area (Å²) in [7, 11) is 0. The molecule has 0 aromatic carbocycles. The fourth-order valence-corrected chi connectivity index (χ4v) is 1.73. The van der Waals surface area contributed by atoms with Crippen molar-refractivity contribution in [2.75, 3.05) is 26.2 Å². The van der Waals surface area contributed by atoms with Crippen LogP contribution in [0.25, 0.3) is 0 Å². The van der Waals surface area contributed by atoms with E-state index >= 15 is 0 Å². The molecule has 3 N–H and O–H groups in total. The third-order valence-electron chi connectivity index (χ3n) is 2.67. The molecule has 5 nitrogen and oxygen atoms in total. The molecule has 1 aliphatic rings. The smallest absolute Gasteiger partial charge is 0.169 e. The summed E-state index contributed by atoms with van der Waals surface area (Å²) in [6.07, 6.45) is 3.45. The summed E-state index contributed by atoms with van der Waals surface area (Å²) in [5.41, 5.74) is 5.51. The molecule has 0 radical (unpaired) electrons. The van der Waals surface area contributed by atoms with Crippen LogP contribution >= 0.6 is 0 Å². The number of rotatable bonds is 5. The number of nitrogens with zero attached hydrogens (tertiary/aromatic N) is 2. The minimum Gasteiger partial charge on any atom is -0.409 e. The zero-order valence-electron chi connectivity index (χ0n) is 9.35. The van der Waals surface area contributed by atoms with Gasteiger partial charge in [-0.25, -0.2) is 0 Å². The molecular weight excluding hydrogens is 194 g/mol. The van der Waals surface area contributed by atoms with E-state index < -0.39 is 0 Å². The molecule has 0 bridgehead atoms. The number of morpholine rings is 1. The first kappa shape index (κ1) is 12.3. The van der Waals surface area contributed by atoms with Gasteiger partial charge in [0.1, 0.15) is 6.10 Å². The third-order valence-corrected chi connectivity index (χ3v) is 2.67. The Morgan fingerprint density at radius 2 is 2.40 bits per heavy atom. The lowest BCUT2D eigenvalue weighted by molar-refractivity contribution is 0.00418. The molecule has 5 heteroatoms. The number of hydrogen-bond acceptors (Lipinski definition) is 4. The van der Waals surface area contributed by atoms with E-state index in [1.807, 2.05) is 0 Å². The van der Waals surface area contributed by atoms with Gasteiger partial charge in [-0.15, -0.1) is 0 Å². The van der Waals surface area contributed by atoms with Crippen LogP contribution in [0.2, 0.25) is 0 Å². The summed E-state index contributed by atoms with van der Waals surface area (Å²) in [4.78, 5) is 2.31. The number of unbranched alkanes of at least 4 members (excludes halogenated alkanes) is 2. The van der Waals surface area contributed by atoms with Crippen LogP contribution in [0.4, 0.5) is 0 Å². The molecule has 1 atom stereocenters. The minimum absolute atomic E-state index is 0.176. The Morgan fingerprint density at radius 3 is 3.07 bits per heavy atom. The Kier molecular flexibility index (Phi) is 5.42. The molecule has 0 spiro atoms. The standard InChI is InChI=1S/C10H21N3O2/c1-2-3-4-5-13-6-7-15-9(8-13)10(11)12-14/h9,14H,2-8H2,1H3,(H2,11,12). The van der Waals surface area contributed by atoms with Crippen LogP contribution in [0.5, 0.6) is 0 Å². The summed E-state index contributed by atoms with van der Waals surface area (Å²) < 4.78 is 5.41. The van der Waals surface area contributed by atoms with Gasteiger partial charge in [-0.2, -0.15) is 0 Å². The predicted molar refractivity (Wildman–Crippen MR) is 59.1 cm³/mol. The maximum atomic E-state index is 8.55. The number of hydrogen-bond donors (Lipinski definition) is 2. The fourth-order valence-electron chi connectivity index (χ4n) is 1.73. The summed E-state index contributed by atoms with van der Waals surface area (Å²) in [6.45, 7) is 5.61. The molecule has 0 aliphatic carbocycles. The maximum absolute atomic E-state index is 8.55. The molecule has 0 saturated carbocycles. The molecule has 15 heavy (non-hydrogen) atoms. The van der Waals surface area contributed by atoms with Gasteiger partial charge in [0.15, 0.2) is 5.84 Å². The first-order valence-corrected chi connectivity index (χ1v) is 5.59. The highest BCUT2D eigenvalue weighted by Crippen LogP contribution is 2.07. The second kappa shape index (κ2) is 6.63. The SMILES string of the molecule is CCCCCN1CCOC(C(N)=NO)C1. The normalized spacial score (nSPS) is 24.3. The van der Waals surface area contributed by atoms with Crippen LogP contribution in [0.1, 0.15) is 26.2 Å². The highest BCUT2D eigenvalue weighted by molar-refractivity contribution is 5.84. The molecule has 0 aromatic rings. The van der Waals surface area contributed by atoms with Crippen molar-refractivity contribution in [2.24, 2.45) is 10.9 Å². The average Bonchev–Trinajstić information content (AvgIpc) is 2.29. The average molecular weight is 215 g/mol. The second-order valence-corrected chi connectivity index (χ2v) is 3.89. The zero-order valence-corrected chi connectivity index (χ0v) is 9.35. The van der Waals surface area contributed by atoms with Crippen LogP contribution in [0.3, 0.4) is 0 Å². The number of oxime groups is 1. The molecule has 1 unspecified atom stereocenters. The van der Waals surface area contributed by atoms with E-state index in [0.717, 1.165) is 19.6 Å². The van der Waals surface area contributed by atoms with Crippen molar-refractivity contribution in [2.45, 2.75) is 32.3 Å². The molecule has 0 aromatic heterocycles. The topological polar surface area (TPSA) is 71.1 Å². The Balaban J connectivity index is 2.29. The fraction of sp³-hybridized carbons (Fsp3) is 0.900. The van der Waals surface area contributed by atoms with Crippen molar-refractivity contribution < 1.29 is 9.94 Å². The number of ether oxygens (including phenoxy) is 1. The van der Waals surface area contributed by atoms with Crippen LogP contribution in [-0.2, 0) is 4.74 Å². The largest absolute Gasteiger partial charge is 0.409 e. The van der Waals surface area contributed by atoms with E-state index in [-0.39, 0.29) is 11.9 Å². The van der Waals surface area contributed by atoms with Gasteiger partial charge >= 0.3 is 0 Å². The quantitative estimate of drug-likeness (QED) is 0.232. The lowest BCUT2D eigenvalue weighted by Crippen LogP contribution is -2.48. The first-order valence-electron chi connectivity index (χ1n) is 5.59. The Morgan fingerprint density at radius 1 is 1.60 bits per heavy atom. The van der Waals surface area contributed by atoms with Crippen molar-refractivity contribution in [3.05, 3.63) is 0 Å². The zero-order chi connectivity index (χ0) is 11.1. The Hall–Kier alpha value is -0.810. The monoisotopic (exact) mass is 215 g/mol. The summed E-state index contributed by atoms with van der Waals surface area (Å²) in [5.74, 6) is 0.176. The van der Waals surface area contributed by atoms with Gasteiger partial charge in [-0.1, -0.05) is 24.9 Å². The lowest BCUT2D eigenvalue weighted by Gasteiger charge is -2.32. The van der Waals surface area contributed by atoms with E-state index in [9.17, 15) is 0 Å².